The first-order valence-electron chi connectivity index (χ1n) is 9.09. The molecule has 124 valence electrons. The summed E-state index contributed by atoms with van der Waals surface area (Å²) >= 11 is 0. The van der Waals surface area contributed by atoms with Crippen LogP contribution in [0.2, 0.25) is 0 Å². The molecule has 1 saturated heterocycles. The van der Waals surface area contributed by atoms with E-state index in [0.29, 0.717) is 0 Å². The van der Waals surface area contributed by atoms with Crippen molar-refractivity contribution in [1.82, 2.24) is 4.90 Å². The molecule has 2 unspecified atom stereocenters. The predicted molar refractivity (Wildman–Crippen MR) is 101 cm³/mol. The molecule has 6 rings (SSSR count). The SMILES string of the molecule is CN1CCC23C1=NCCC21C(=Nc2ccccc21)Nc1ccccc13. The van der Waals surface area contributed by atoms with Gasteiger partial charge in [0, 0.05) is 25.8 Å². The number of fused-ring (bicyclic) bond motifs is 2. The molecule has 0 aliphatic carbocycles. The Morgan fingerprint density at radius 1 is 0.960 bits per heavy atom. The largest absolute Gasteiger partial charge is 0.363 e. The van der Waals surface area contributed by atoms with Crippen molar-refractivity contribution in [2.24, 2.45) is 9.98 Å². The van der Waals surface area contributed by atoms with E-state index in [9.17, 15) is 0 Å². The minimum atomic E-state index is -0.111. The number of rotatable bonds is 0. The molecule has 4 aliphatic rings. The van der Waals surface area contributed by atoms with Crippen LogP contribution in [-0.4, -0.2) is 36.7 Å². The predicted octanol–water partition coefficient (Wildman–Crippen LogP) is 3.47. The average molecular weight is 328 g/mol. The Kier molecular flexibility index (Phi) is 2.35. The van der Waals surface area contributed by atoms with Gasteiger partial charge >= 0.3 is 0 Å². The first-order chi connectivity index (χ1) is 12.3. The highest BCUT2D eigenvalue weighted by Crippen LogP contribution is 2.62. The van der Waals surface area contributed by atoms with Crippen LogP contribution in [-0.2, 0) is 10.8 Å². The number of aliphatic imine (C=N–C) groups is 2. The topological polar surface area (TPSA) is 40.0 Å². The maximum Gasteiger partial charge on any atom is 0.119 e. The zero-order valence-electron chi connectivity index (χ0n) is 14.3. The molecule has 1 fully saturated rings. The number of likely N-dealkylation sites (tertiary alicyclic amines) is 1. The van der Waals surface area contributed by atoms with Crippen molar-refractivity contribution in [2.75, 3.05) is 25.5 Å². The molecule has 4 aliphatic heterocycles. The molecular weight excluding hydrogens is 308 g/mol. The summed E-state index contributed by atoms with van der Waals surface area (Å²) in [5.41, 5.74) is 4.85. The number of likely N-dealkylation sites (N-methyl/N-ethyl adjacent to an activating group) is 1. The van der Waals surface area contributed by atoms with E-state index in [1.807, 2.05) is 0 Å². The molecule has 0 aromatic heterocycles. The number of amidine groups is 2. The number of hydrogen-bond donors (Lipinski definition) is 1. The smallest absolute Gasteiger partial charge is 0.119 e. The van der Waals surface area contributed by atoms with Gasteiger partial charge in [0.15, 0.2) is 0 Å². The number of para-hydroxylation sites is 2. The van der Waals surface area contributed by atoms with Crippen LogP contribution in [0.25, 0.3) is 0 Å². The molecule has 0 bridgehead atoms. The summed E-state index contributed by atoms with van der Waals surface area (Å²) in [5.74, 6) is 2.37. The number of hydrogen-bond acceptors (Lipinski definition) is 4. The number of nitrogens with one attached hydrogen (secondary N) is 1. The Morgan fingerprint density at radius 2 is 1.76 bits per heavy atom. The van der Waals surface area contributed by atoms with Crippen molar-refractivity contribution in [3.8, 4) is 0 Å². The molecule has 2 aromatic rings. The Morgan fingerprint density at radius 3 is 2.68 bits per heavy atom. The molecule has 0 amide bonds. The fourth-order valence-electron chi connectivity index (χ4n) is 5.75. The van der Waals surface area contributed by atoms with Crippen molar-refractivity contribution in [3.05, 3.63) is 59.7 Å². The highest BCUT2D eigenvalue weighted by atomic mass is 15.2. The summed E-state index contributed by atoms with van der Waals surface area (Å²) < 4.78 is 0. The standard InChI is InChI=1S/C21H20N4/c1-25-13-11-21-15-7-3-5-9-17(15)24-18-20(21,10-12-22-19(21)25)14-6-2-4-8-16(14)23-18/h2-9H,10-13H2,1H3,(H,23,24). The Bertz CT molecular complexity index is 975. The fraction of sp³-hybridized carbons (Fsp3) is 0.333. The highest BCUT2D eigenvalue weighted by molar-refractivity contribution is 6.18. The minimum Gasteiger partial charge on any atom is -0.363 e. The molecule has 0 saturated carbocycles. The zero-order chi connectivity index (χ0) is 16.6. The molecule has 1 N–H and O–H groups in total. The van der Waals surface area contributed by atoms with Gasteiger partial charge in [-0.3, -0.25) is 4.99 Å². The van der Waals surface area contributed by atoms with Gasteiger partial charge in [-0.25, -0.2) is 4.99 Å². The summed E-state index contributed by atoms with van der Waals surface area (Å²) in [6, 6.07) is 17.4. The Labute approximate surface area is 147 Å². The lowest BCUT2D eigenvalue weighted by molar-refractivity contribution is 0.346. The molecule has 4 heteroatoms. The summed E-state index contributed by atoms with van der Waals surface area (Å²) in [6.45, 7) is 1.91. The van der Waals surface area contributed by atoms with Gasteiger partial charge in [-0.15, -0.1) is 0 Å². The van der Waals surface area contributed by atoms with E-state index in [-0.39, 0.29) is 10.8 Å². The average Bonchev–Trinajstić information content (AvgIpc) is 3.15. The summed E-state index contributed by atoms with van der Waals surface area (Å²) in [7, 11) is 2.19. The van der Waals surface area contributed by atoms with Gasteiger partial charge in [0.2, 0.25) is 0 Å². The van der Waals surface area contributed by atoms with Gasteiger partial charge < -0.3 is 10.2 Å². The first kappa shape index (κ1) is 13.6. The molecule has 0 radical (unpaired) electrons. The van der Waals surface area contributed by atoms with Gasteiger partial charge in [-0.1, -0.05) is 36.4 Å². The van der Waals surface area contributed by atoms with Crippen LogP contribution in [0.15, 0.2) is 58.5 Å². The second-order valence-electron chi connectivity index (χ2n) is 7.59. The molecule has 2 spiro atoms. The maximum absolute atomic E-state index is 5.06. The van der Waals surface area contributed by atoms with E-state index in [2.05, 4.69) is 65.8 Å². The second-order valence-corrected chi connectivity index (χ2v) is 7.59. The van der Waals surface area contributed by atoms with Crippen LogP contribution in [0, 0.1) is 0 Å². The number of benzene rings is 2. The van der Waals surface area contributed by atoms with Gasteiger partial charge in [0.1, 0.15) is 11.7 Å². The van der Waals surface area contributed by atoms with E-state index in [1.54, 1.807) is 0 Å². The Hall–Kier alpha value is -2.62. The van der Waals surface area contributed by atoms with Crippen LogP contribution in [0.4, 0.5) is 11.4 Å². The van der Waals surface area contributed by atoms with Crippen molar-refractivity contribution in [2.45, 2.75) is 23.7 Å². The van der Waals surface area contributed by atoms with Gasteiger partial charge in [0.25, 0.3) is 0 Å². The van der Waals surface area contributed by atoms with Crippen molar-refractivity contribution < 1.29 is 0 Å². The quantitative estimate of drug-likeness (QED) is 0.804. The lowest BCUT2D eigenvalue weighted by atomic mass is 9.51. The second kappa shape index (κ2) is 4.31. The minimum absolute atomic E-state index is 0.104. The monoisotopic (exact) mass is 328 g/mol. The maximum atomic E-state index is 5.06. The molecule has 2 atom stereocenters. The third kappa shape index (κ3) is 1.34. The molecule has 25 heavy (non-hydrogen) atoms. The fourth-order valence-corrected chi connectivity index (χ4v) is 5.75. The van der Waals surface area contributed by atoms with Gasteiger partial charge in [0.05, 0.1) is 16.5 Å². The van der Waals surface area contributed by atoms with Crippen molar-refractivity contribution in [3.63, 3.8) is 0 Å². The molecule has 2 aromatic carbocycles. The van der Waals surface area contributed by atoms with E-state index < -0.39 is 0 Å². The van der Waals surface area contributed by atoms with Crippen LogP contribution < -0.4 is 5.32 Å². The van der Waals surface area contributed by atoms with Gasteiger partial charge in [-0.05, 0) is 36.1 Å². The van der Waals surface area contributed by atoms with E-state index in [4.69, 9.17) is 9.98 Å². The lowest BCUT2D eigenvalue weighted by Gasteiger charge is -2.53. The summed E-state index contributed by atoms with van der Waals surface area (Å²) in [4.78, 5) is 12.5. The zero-order valence-corrected chi connectivity index (χ0v) is 14.3. The normalized spacial score (nSPS) is 31.0. The van der Waals surface area contributed by atoms with Crippen molar-refractivity contribution in [1.29, 1.82) is 0 Å². The van der Waals surface area contributed by atoms with Crippen LogP contribution in [0.3, 0.4) is 0 Å². The van der Waals surface area contributed by atoms with Crippen LogP contribution >= 0.6 is 0 Å². The third-order valence-corrected chi connectivity index (χ3v) is 6.68. The van der Waals surface area contributed by atoms with Crippen molar-refractivity contribution >= 4 is 23.0 Å². The highest BCUT2D eigenvalue weighted by Gasteiger charge is 2.67. The summed E-state index contributed by atoms with van der Waals surface area (Å²) in [6.07, 6.45) is 2.11. The molecule has 4 nitrogen and oxygen atoms in total. The first-order valence-corrected chi connectivity index (χ1v) is 9.09. The van der Waals surface area contributed by atoms with E-state index in [1.165, 1.54) is 22.6 Å². The van der Waals surface area contributed by atoms with Gasteiger partial charge in [-0.2, -0.15) is 0 Å². The third-order valence-electron chi connectivity index (χ3n) is 6.68. The Balaban J connectivity index is 1.77. The van der Waals surface area contributed by atoms with Crippen LogP contribution in [0.1, 0.15) is 24.0 Å². The molecule has 4 heterocycles. The lowest BCUT2D eigenvalue weighted by Crippen LogP contribution is -2.63. The molecular formula is C21H20N4. The number of anilines is 1. The summed E-state index contributed by atoms with van der Waals surface area (Å²) in [5, 5.41) is 3.69. The number of nitrogens with zero attached hydrogens (tertiary/aromatic N) is 3. The van der Waals surface area contributed by atoms with E-state index >= 15 is 0 Å². The van der Waals surface area contributed by atoms with Crippen LogP contribution in [0.5, 0.6) is 0 Å². The van der Waals surface area contributed by atoms with E-state index in [0.717, 1.165) is 37.5 Å².